The number of hydrogen-bond donors (Lipinski definition) is 2. The van der Waals surface area contributed by atoms with Gasteiger partial charge in [0.25, 0.3) is 0 Å². The molecule has 0 saturated heterocycles. The molecule has 0 fully saturated rings. The SMILES string of the molecule is CC1(C)CCC(NCc2ccn[nH]2)c2ccccc21. The summed E-state index contributed by atoms with van der Waals surface area (Å²) in [5.74, 6) is 0. The Morgan fingerprint density at radius 2 is 2.16 bits per heavy atom. The van der Waals surface area contributed by atoms with Crippen molar-refractivity contribution in [2.75, 3.05) is 0 Å². The Balaban J connectivity index is 1.80. The smallest absolute Gasteiger partial charge is 0.0490 e. The number of aromatic amines is 1. The third-order valence-corrected chi connectivity index (χ3v) is 4.22. The maximum Gasteiger partial charge on any atom is 0.0490 e. The first kappa shape index (κ1) is 12.4. The van der Waals surface area contributed by atoms with Crippen molar-refractivity contribution in [1.29, 1.82) is 0 Å². The topological polar surface area (TPSA) is 40.7 Å². The fourth-order valence-corrected chi connectivity index (χ4v) is 3.04. The van der Waals surface area contributed by atoms with Gasteiger partial charge in [-0.1, -0.05) is 38.1 Å². The van der Waals surface area contributed by atoms with E-state index < -0.39 is 0 Å². The highest BCUT2D eigenvalue weighted by atomic mass is 15.1. The second-order valence-electron chi connectivity index (χ2n) is 6.03. The minimum atomic E-state index is 0.294. The van der Waals surface area contributed by atoms with Crippen LogP contribution in [0.15, 0.2) is 36.5 Å². The third kappa shape index (κ3) is 2.43. The highest BCUT2D eigenvalue weighted by Gasteiger charge is 2.31. The zero-order valence-corrected chi connectivity index (χ0v) is 11.6. The predicted octanol–water partition coefficient (Wildman–Crippen LogP) is 3.31. The molecule has 1 heterocycles. The van der Waals surface area contributed by atoms with E-state index in [1.807, 2.05) is 6.07 Å². The van der Waals surface area contributed by atoms with E-state index in [2.05, 4.69) is 53.6 Å². The van der Waals surface area contributed by atoms with Crippen LogP contribution >= 0.6 is 0 Å². The van der Waals surface area contributed by atoms with Gasteiger partial charge < -0.3 is 5.32 Å². The first-order valence-electron chi connectivity index (χ1n) is 6.98. The predicted molar refractivity (Wildman–Crippen MR) is 76.9 cm³/mol. The van der Waals surface area contributed by atoms with E-state index >= 15 is 0 Å². The van der Waals surface area contributed by atoms with Crippen molar-refractivity contribution in [3.05, 3.63) is 53.3 Å². The molecule has 0 aliphatic heterocycles. The number of hydrogen-bond acceptors (Lipinski definition) is 2. The van der Waals surface area contributed by atoms with Crippen molar-refractivity contribution in [2.45, 2.75) is 44.7 Å². The van der Waals surface area contributed by atoms with Crippen molar-refractivity contribution in [2.24, 2.45) is 0 Å². The van der Waals surface area contributed by atoms with Gasteiger partial charge in [-0.3, -0.25) is 5.10 Å². The summed E-state index contributed by atoms with van der Waals surface area (Å²) in [5, 5.41) is 10.6. The van der Waals surface area contributed by atoms with Crippen LogP contribution < -0.4 is 5.32 Å². The van der Waals surface area contributed by atoms with E-state index in [1.54, 1.807) is 6.20 Å². The number of benzene rings is 1. The van der Waals surface area contributed by atoms with Crippen LogP contribution in [-0.4, -0.2) is 10.2 Å². The molecule has 1 aromatic heterocycles. The number of nitrogens with zero attached hydrogens (tertiary/aromatic N) is 1. The molecule has 2 aromatic rings. The highest BCUT2D eigenvalue weighted by molar-refractivity contribution is 5.38. The Hall–Kier alpha value is -1.61. The van der Waals surface area contributed by atoms with Gasteiger partial charge in [-0.15, -0.1) is 0 Å². The van der Waals surface area contributed by atoms with Gasteiger partial charge in [0.15, 0.2) is 0 Å². The van der Waals surface area contributed by atoms with E-state index in [4.69, 9.17) is 0 Å². The Bertz CT molecular complexity index is 543. The molecular weight excluding hydrogens is 234 g/mol. The van der Waals surface area contributed by atoms with E-state index in [1.165, 1.54) is 24.0 Å². The fourth-order valence-electron chi connectivity index (χ4n) is 3.04. The molecule has 0 saturated carbocycles. The van der Waals surface area contributed by atoms with Crippen LogP contribution in [0.2, 0.25) is 0 Å². The minimum Gasteiger partial charge on any atom is -0.304 e. The number of aromatic nitrogens is 2. The maximum absolute atomic E-state index is 3.99. The quantitative estimate of drug-likeness (QED) is 0.883. The molecule has 0 amide bonds. The zero-order valence-electron chi connectivity index (χ0n) is 11.6. The highest BCUT2D eigenvalue weighted by Crippen LogP contribution is 2.41. The molecule has 3 heteroatoms. The molecule has 0 bridgehead atoms. The summed E-state index contributed by atoms with van der Waals surface area (Å²) in [6.45, 7) is 5.54. The molecule has 100 valence electrons. The molecule has 1 atom stereocenters. The van der Waals surface area contributed by atoms with Gasteiger partial charge in [-0.2, -0.15) is 5.10 Å². The van der Waals surface area contributed by atoms with Crippen LogP contribution in [0.4, 0.5) is 0 Å². The first-order chi connectivity index (χ1) is 9.17. The van der Waals surface area contributed by atoms with Gasteiger partial charge in [-0.05, 0) is 35.4 Å². The van der Waals surface area contributed by atoms with Crippen LogP contribution in [0.3, 0.4) is 0 Å². The van der Waals surface area contributed by atoms with E-state index in [-0.39, 0.29) is 0 Å². The van der Waals surface area contributed by atoms with Gasteiger partial charge in [0, 0.05) is 24.5 Å². The molecule has 1 unspecified atom stereocenters. The van der Waals surface area contributed by atoms with Crippen LogP contribution in [0.1, 0.15) is 49.6 Å². The van der Waals surface area contributed by atoms with Gasteiger partial charge >= 0.3 is 0 Å². The van der Waals surface area contributed by atoms with Crippen LogP contribution in [-0.2, 0) is 12.0 Å². The van der Waals surface area contributed by atoms with Crippen LogP contribution in [0.25, 0.3) is 0 Å². The fraction of sp³-hybridized carbons (Fsp3) is 0.438. The molecule has 1 aliphatic carbocycles. The molecular formula is C16H21N3. The van der Waals surface area contributed by atoms with Crippen molar-refractivity contribution < 1.29 is 0 Å². The average Bonchev–Trinajstić information content (AvgIpc) is 2.91. The van der Waals surface area contributed by atoms with E-state index in [9.17, 15) is 0 Å². The Morgan fingerprint density at radius 1 is 1.32 bits per heavy atom. The number of H-pyrrole nitrogens is 1. The second kappa shape index (κ2) is 4.82. The Kier molecular flexibility index (Phi) is 3.15. The molecule has 1 aromatic carbocycles. The Labute approximate surface area is 114 Å². The first-order valence-corrected chi connectivity index (χ1v) is 6.98. The minimum absolute atomic E-state index is 0.294. The summed E-state index contributed by atoms with van der Waals surface area (Å²) in [5.41, 5.74) is 4.38. The lowest BCUT2D eigenvalue weighted by Gasteiger charge is -2.37. The molecule has 0 radical (unpaired) electrons. The summed E-state index contributed by atoms with van der Waals surface area (Å²) < 4.78 is 0. The summed E-state index contributed by atoms with van der Waals surface area (Å²) in [4.78, 5) is 0. The number of rotatable bonds is 3. The third-order valence-electron chi connectivity index (χ3n) is 4.22. The Morgan fingerprint density at radius 3 is 2.95 bits per heavy atom. The lowest BCUT2D eigenvalue weighted by molar-refractivity contribution is 0.356. The lowest BCUT2D eigenvalue weighted by Crippen LogP contribution is -2.32. The van der Waals surface area contributed by atoms with Crippen LogP contribution in [0, 0.1) is 0 Å². The van der Waals surface area contributed by atoms with Gasteiger partial charge in [0.1, 0.15) is 0 Å². The number of fused-ring (bicyclic) bond motifs is 1. The van der Waals surface area contributed by atoms with Crippen molar-refractivity contribution in [3.8, 4) is 0 Å². The van der Waals surface area contributed by atoms with Crippen molar-refractivity contribution in [1.82, 2.24) is 15.5 Å². The van der Waals surface area contributed by atoms with Crippen molar-refractivity contribution >= 4 is 0 Å². The molecule has 2 N–H and O–H groups in total. The van der Waals surface area contributed by atoms with Crippen LogP contribution in [0.5, 0.6) is 0 Å². The van der Waals surface area contributed by atoms with Gasteiger partial charge in [0.05, 0.1) is 0 Å². The van der Waals surface area contributed by atoms with E-state index in [0.29, 0.717) is 11.5 Å². The normalized spacial score (nSPS) is 21.1. The molecule has 19 heavy (non-hydrogen) atoms. The second-order valence-corrected chi connectivity index (χ2v) is 6.03. The van der Waals surface area contributed by atoms with Gasteiger partial charge in [-0.25, -0.2) is 0 Å². The molecule has 3 nitrogen and oxygen atoms in total. The standard InChI is InChI=1S/C16H21N3/c1-16(2)9-7-15(13-5-3-4-6-14(13)16)17-11-12-8-10-18-19-12/h3-6,8,10,15,17H,7,9,11H2,1-2H3,(H,18,19). The van der Waals surface area contributed by atoms with E-state index in [0.717, 1.165) is 12.2 Å². The summed E-state index contributed by atoms with van der Waals surface area (Å²) in [7, 11) is 0. The summed E-state index contributed by atoms with van der Waals surface area (Å²) >= 11 is 0. The molecule has 0 spiro atoms. The maximum atomic E-state index is 3.99. The molecule has 3 rings (SSSR count). The summed E-state index contributed by atoms with van der Waals surface area (Å²) in [6, 6.07) is 11.3. The zero-order chi connectivity index (χ0) is 13.3. The summed E-state index contributed by atoms with van der Waals surface area (Å²) in [6.07, 6.45) is 4.22. The molecule has 1 aliphatic rings. The largest absolute Gasteiger partial charge is 0.304 e. The average molecular weight is 255 g/mol. The lowest BCUT2D eigenvalue weighted by atomic mass is 9.71. The monoisotopic (exact) mass is 255 g/mol. The van der Waals surface area contributed by atoms with Crippen molar-refractivity contribution in [3.63, 3.8) is 0 Å². The van der Waals surface area contributed by atoms with Gasteiger partial charge in [0.2, 0.25) is 0 Å². The number of nitrogens with one attached hydrogen (secondary N) is 2.